The van der Waals surface area contributed by atoms with Crippen molar-refractivity contribution in [3.05, 3.63) is 59.9 Å². The van der Waals surface area contributed by atoms with Crippen LogP contribution in [0.5, 0.6) is 5.75 Å². The van der Waals surface area contributed by atoms with E-state index in [1.54, 1.807) is 31.4 Å². The molecule has 2 amide bonds. The minimum atomic E-state index is -0.0777. The van der Waals surface area contributed by atoms with E-state index >= 15 is 0 Å². The summed E-state index contributed by atoms with van der Waals surface area (Å²) in [6.45, 7) is 3.40. The summed E-state index contributed by atoms with van der Waals surface area (Å²) >= 11 is 0. The minimum absolute atomic E-state index is 0.0777. The van der Waals surface area contributed by atoms with Gasteiger partial charge in [-0.3, -0.25) is 9.59 Å². The summed E-state index contributed by atoms with van der Waals surface area (Å²) in [5, 5.41) is 2.97. The number of morpholine rings is 1. The van der Waals surface area contributed by atoms with Crippen molar-refractivity contribution in [3.8, 4) is 5.75 Å². The third kappa shape index (κ3) is 5.94. The Morgan fingerprint density at radius 2 is 1.79 bits per heavy atom. The van der Waals surface area contributed by atoms with E-state index in [9.17, 15) is 9.59 Å². The Morgan fingerprint density at radius 3 is 2.56 bits per heavy atom. The largest absolute Gasteiger partial charge is 0.497 e. The summed E-state index contributed by atoms with van der Waals surface area (Å²) in [4.78, 5) is 31.8. The molecule has 0 aliphatic carbocycles. The quantitative estimate of drug-likeness (QED) is 0.466. The molecule has 1 N–H and O–H groups in total. The lowest BCUT2D eigenvalue weighted by molar-refractivity contribution is -0.135. The number of hydrogen-bond donors (Lipinski definition) is 1. The lowest BCUT2D eigenvalue weighted by Gasteiger charge is -2.27. The van der Waals surface area contributed by atoms with E-state index < -0.39 is 0 Å². The third-order valence-electron chi connectivity index (χ3n) is 6.11. The van der Waals surface area contributed by atoms with E-state index in [4.69, 9.17) is 14.5 Å². The number of para-hydroxylation sites is 2. The van der Waals surface area contributed by atoms with Crippen molar-refractivity contribution >= 4 is 22.8 Å². The van der Waals surface area contributed by atoms with Crippen LogP contribution < -0.4 is 10.1 Å². The number of carbonyl (C=O) groups excluding carboxylic acids is 2. The van der Waals surface area contributed by atoms with Crippen LogP contribution in [0.15, 0.2) is 48.5 Å². The lowest BCUT2D eigenvalue weighted by Crippen LogP contribution is -2.42. The van der Waals surface area contributed by atoms with E-state index in [0.29, 0.717) is 45.0 Å². The highest BCUT2D eigenvalue weighted by Crippen LogP contribution is 2.18. The molecular weight excluding hydrogens is 432 g/mol. The van der Waals surface area contributed by atoms with Gasteiger partial charge in [0.25, 0.3) is 5.91 Å². The summed E-state index contributed by atoms with van der Waals surface area (Å²) < 4.78 is 12.5. The zero-order valence-corrected chi connectivity index (χ0v) is 19.7. The SMILES string of the molecule is COc1ccc(C(=O)NCCCCCc2nc3ccccc3n2CC(=O)N2CCOCC2)cc1. The molecule has 2 aromatic carbocycles. The Morgan fingerprint density at radius 1 is 1.03 bits per heavy atom. The number of aryl methyl sites for hydroxylation is 1. The van der Waals surface area contributed by atoms with Gasteiger partial charge in [0.15, 0.2) is 0 Å². The number of amides is 2. The number of carbonyl (C=O) groups is 2. The molecule has 3 aromatic rings. The first kappa shape index (κ1) is 23.8. The number of imidazole rings is 1. The Bertz CT molecular complexity index is 1100. The highest BCUT2D eigenvalue weighted by Gasteiger charge is 2.20. The first-order chi connectivity index (χ1) is 16.7. The van der Waals surface area contributed by atoms with Gasteiger partial charge in [-0.25, -0.2) is 4.98 Å². The number of methoxy groups -OCH3 is 1. The smallest absolute Gasteiger partial charge is 0.251 e. The number of unbranched alkanes of at least 4 members (excludes halogenated alkanes) is 2. The Hall–Kier alpha value is -3.39. The molecule has 0 bridgehead atoms. The molecule has 1 saturated heterocycles. The van der Waals surface area contributed by atoms with E-state index in [0.717, 1.165) is 48.3 Å². The van der Waals surface area contributed by atoms with Crippen molar-refractivity contribution in [2.45, 2.75) is 32.2 Å². The Balaban J connectivity index is 1.27. The van der Waals surface area contributed by atoms with Gasteiger partial charge in [0, 0.05) is 31.6 Å². The second-order valence-corrected chi connectivity index (χ2v) is 8.39. The van der Waals surface area contributed by atoms with Gasteiger partial charge in [0.1, 0.15) is 18.1 Å². The first-order valence-electron chi connectivity index (χ1n) is 11.9. The van der Waals surface area contributed by atoms with Crippen LogP contribution in [0.3, 0.4) is 0 Å². The molecule has 8 heteroatoms. The number of benzene rings is 2. The van der Waals surface area contributed by atoms with Gasteiger partial charge in [0.2, 0.25) is 5.91 Å². The van der Waals surface area contributed by atoms with Crippen LogP contribution in [-0.2, 0) is 22.5 Å². The number of hydrogen-bond acceptors (Lipinski definition) is 5. The summed E-state index contributed by atoms with van der Waals surface area (Å²) in [5.41, 5.74) is 2.53. The van der Waals surface area contributed by atoms with E-state index in [2.05, 4.69) is 9.88 Å². The van der Waals surface area contributed by atoms with Gasteiger partial charge >= 0.3 is 0 Å². The summed E-state index contributed by atoms with van der Waals surface area (Å²) in [6, 6.07) is 15.0. The fourth-order valence-electron chi connectivity index (χ4n) is 4.17. The van der Waals surface area contributed by atoms with Crippen LogP contribution >= 0.6 is 0 Å². The molecule has 0 saturated carbocycles. The monoisotopic (exact) mass is 464 g/mol. The van der Waals surface area contributed by atoms with Gasteiger partial charge in [-0.15, -0.1) is 0 Å². The molecule has 0 unspecified atom stereocenters. The molecule has 1 fully saturated rings. The fourth-order valence-corrected chi connectivity index (χ4v) is 4.17. The highest BCUT2D eigenvalue weighted by atomic mass is 16.5. The molecule has 1 aliphatic rings. The van der Waals surface area contributed by atoms with Gasteiger partial charge < -0.3 is 24.3 Å². The molecule has 1 aromatic heterocycles. The van der Waals surface area contributed by atoms with Gasteiger partial charge in [-0.1, -0.05) is 18.6 Å². The molecular formula is C26H32N4O4. The molecule has 1 aliphatic heterocycles. The molecule has 4 rings (SSSR count). The van der Waals surface area contributed by atoms with Gasteiger partial charge in [-0.2, -0.15) is 0 Å². The van der Waals surface area contributed by atoms with Crippen molar-refractivity contribution in [1.82, 2.24) is 19.8 Å². The minimum Gasteiger partial charge on any atom is -0.497 e. The fraction of sp³-hybridized carbons (Fsp3) is 0.423. The van der Waals surface area contributed by atoms with Crippen molar-refractivity contribution in [2.24, 2.45) is 0 Å². The molecule has 34 heavy (non-hydrogen) atoms. The summed E-state index contributed by atoms with van der Waals surface area (Å²) in [5.74, 6) is 1.69. The van der Waals surface area contributed by atoms with Crippen molar-refractivity contribution in [1.29, 1.82) is 0 Å². The summed E-state index contributed by atoms with van der Waals surface area (Å²) in [7, 11) is 1.60. The van der Waals surface area contributed by atoms with E-state index in [-0.39, 0.29) is 11.8 Å². The zero-order chi connectivity index (χ0) is 23.8. The lowest BCUT2D eigenvalue weighted by atomic mass is 10.1. The summed E-state index contributed by atoms with van der Waals surface area (Å²) in [6.07, 6.45) is 3.57. The molecule has 0 radical (unpaired) electrons. The van der Waals surface area contributed by atoms with Crippen molar-refractivity contribution < 1.29 is 19.1 Å². The number of rotatable bonds is 10. The Kier molecular flexibility index (Phi) is 8.14. The second-order valence-electron chi connectivity index (χ2n) is 8.39. The van der Waals surface area contributed by atoms with Crippen molar-refractivity contribution in [3.63, 3.8) is 0 Å². The zero-order valence-electron chi connectivity index (χ0n) is 19.7. The average molecular weight is 465 g/mol. The predicted molar refractivity (Wildman–Crippen MR) is 130 cm³/mol. The first-order valence-corrected chi connectivity index (χ1v) is 11.9. The molecule has 8 nitrogen and oxygen atoms in total. The molecule has 0 atom stereocenters. The standard InChI is InChI=1S/C26H32N4O4/c1-33-21-12-10-20(11-13-21)26(32)27-14-6-2-3-9-24-28-22-7-4-5-8-23(22)30(24)19-25(31)29-15-17-34-18-16-29/h4-5,7-8,10-13H,2-3,6,9,14-19H2,1H3,(H,27,32). The molecule has 2 heterocycles. The van der Waals surface area contributed by atoms with Crippen LogP contribution in [0.4, 0.5) is 0 Å². The number of aromatic nitrogens is 2. The average Bonchev–Trinajstić information content (AvgIpc) is 3.23. The number of ether oxygens (including phenoxy) is 2. The number of nitrogens with zero attached hydrogens (tertiary/aromatic N) is 3. The van der Waals surface area contributed by atoms with Crippen LogP contribution in [0.25, 0.3) is 11.0 Å². The van der Waals surface area contributed by atoms with Gasteiger partial charge in [-0.05, 0) is 49.2 Å². The maximum absolute atomic E-state index is 12.9. The number of fused-ring (bicyclic) bond motifs is 1. The van der Waals surface area contributed by atoms with Crippen LogP contribution in [0.2, 0.25) is 0 Å². The topological polar surface area (TPSA) is 85.7 Å². The normalized spacial score (nSPS) is 13.7. The van der Waals surface area contributed by atoms with Crippen LogP contribution in [0, 0.1) is 0 Å². The van der Waals surface area contributed by atoms with E-state index in [1.165, 1.54) is 0 Å². The third-order valence-corrected chi connectivity index (χ3v) is 6.11. The molecule has 0 spiro atoms. The maximum Gasteiger partial charge on any atom is 0.251 e. The Labute approximate surface area is 199 Å². The van der Waals surface area contributed by atoms with Crippen molar-refractivity contribution in [2.75, 3.05) is 40.0 Å². The van der Waals surface area contributed by atoms with E-state index in [1.807, 2.05) is 29.2 Å². The molecule has 180 valence electrons. The second kappa shape index (κ2) is 11.7. The highest BCUT2D eigenvalue weighted by molar-refractivity contribution is 5.94. The van der Waals surface area contributed by atoms with Crippen LogP contribution in [-0.4, -0.2) is 66.2 Å². The predicted octanol–water partition coefficient (Wildman–Crippen LogP) is 3.05. The van der Waals surface area contributed by atoms with Gasteiger partial charge in [0.05, 0.1) is 31.4 Å². The maximum atomic E-state index is 12.9. The number of nitrogens with one attached hydrogen (secondary N) is 1. The van der Waals surface area contributed by atoms with Crippen LogP contribution in [0.1, 0.15) is 35.4 Å².